The average molecular weight is 281 g/mol. The molecule has 0 radical (unpaired) electrons. The van der Waals surface area contributed by atoms with E-state index in [0.717, 1.165) is 13.2 Å². The third-order valence-corrected chi connectivity index (χ3v) is 2.74. The molecule has 1 aromatic heterocycles. The topological polar surface area (TPSA) is 39.2 Å². The van der Waals surface area contributed by atoms with Crippen LogP contribution in [0.3, 0.4) is 0 Å². The van der Waals surface area contributed by atoms with Crippen molar-refractivity contribution in [3.05, 3.63) is 53.9 Å². The molecule has 20 heavy (non-hydrogen) atoms. The van der Waals surface area contributed by atoms with Gasteiger partial charge in [0.05, 0.1) is 18.2 Å². The van der Waals surface area contributed by atoms with Crippen molar-refractivity contribution in [1.82, 2.24) is 4.98 Å². The highest BCUT2D eigenvalue weighted by Gasteiger charge is 2.35. The number of methoxy groups -OCH3 is 1. The second-order valence-corrected chi connectivity index (χ2v) is 3.95. The van der Waals surface area contributed by atoms with Gasteiger partial charge in [0.15, 0.2) is 0 Å². The number of nitrogens with zero attached hydrogens (tertiary/aromatic N) is 1. The number of rotatable bonds is 2. The van der Waals surface area contributed by atoms with Crippen LogP contribution >= 0.6 is 0 Å². The summed E-state index contributed by atoms with van der Waals surface area (Å²) < 4.78 is 43.9. The maximum Gasteiger partial charge on any atom is 0.417 e. The summed E-state index contributed by atoms with van der Waals surface area (Å²) in [6, 6.07) is 6.24. The number of hydrogen-bond donors (Lipinski definition) is 0. The first-order chi connectivity index (χ1) is 9.45. The molecule has 0 saturated heterocycles. The lowest BCUT2D eigenvalue weighted by Gasteiger charge is -2.16. The molecule has 0 spiro atoms. The number of ether oxygens (including phenoxy) is 1. The normalized spacial score (nSPS) is 11.2. The Labute approximate surface area is 113 Å². The zero-order valence-corrected chi connectivity index (χ0v) is 10.4. The zero-order chi connectivity index (χ0) is 14.8. The highest BCUT2D eigenvalue weighted by Crippen LogP contribution is 2.39. The van der Waals surface area contributed by atoms with Gasteiger partial charge in [0, 0.05) is 18.0 Å². The zero-order valence-electron chi connectivity index (χ0n) is 10.4. The van der Waals surface area contributed by atoms with E-state index in [2.05, 4.69) is 9.72 Å². The van der Waals surface area contributed by atoms with Crippen molar-refractivity contribution < 1.29 is 22.7 Å². The third kappa shape index (κ3) is 2.64. The van der Waals surface area contributed by atoms with E-state index in [4.69, 9.17) is 0 Å². The first-order valence-electron chi connectivity index (χ1n) is 5.64. The van der Waals surface area contributed by atoms with Crippen LogP contribution in [0.5, 0.6) is 0 Å². The largest absolute Gasteiger partial charge is 0.465 e. The van der Waals surface area contributed by atoms with Crippen LogP contribution in [-0.4, -0.2) is 18.1 Å². The van der Waals surface area contributed by atoms with E-state index in [0.29, 0.717) is 0 Å². The van der Waals surface area contributed by atoms with Crippen LogP contribution in [0, 0.1) is 0 Å². The molecule has 0 aliphatic heterocycles. The van der Waals surface area contributed by atoms with E-state index in [9.17, 15) is 18.0 Å². The lowest BCUT2D eigenvalue weighted by molar-refractivity contribution is -0.137. The second kappa shape index (κ2) is 5.32. The summed E-state index contributed by atoms with van der Waals surface area (Å²) in [6.07, 6.45) is -1.84. The van der Waals surface area contributed by atoms with Crippen LogP contribution in [0.15, 0.2) is 42.7 Å². The minimum absolute atomic E-state index is 0.131. The molecule has 0 bridgehead atoms. The fourth-order valence-corrected chi connectivity index (χ4v) is 1.90. The Kier molecular flexibility index (Phi) is 3.74. The summed E-state index contributed by atoms with van der Waals surface area (Å²) >= 11 is 0. The predicted octanol–water partition coefficient (Wildman–Crippen LogP) is 3.55. The van der Waals surface area contributed by atoms with E-state index < -0.39 is 17.7 Å². The molecule has 0 aliphatic carbocycles. The summed E-state index contributed by atoms with van der Waals surface area (Å²) in [6.45, 7) is 0. The van der Waals surface area contributed by atoms with Gasteiger partial charge in [-0.05, 0) is 29.8 Å². The highest BCUT2D eigenvalue weighted by atomic mass is 19.4. The summed E-state index contributed by atoms with van der Waals surface area (Å²) in [5, 5.41) is 0. The van der Waals surface area contributed by atoms with Gasteiger partial charge >= 0.3 is 12.1 Å². The molecule has 0 saturated carbocycles. The van der Waals surface area contributed by atoms with E-state index in [1.165, 1.54) is 36.7 Å². The number of pyridine rings is 1. The van der Waals surface area contributed by atoms with Gasteiger partial charge in [-0.25, -0.2) is 4.79 Å². The Morgan fingerprint density at radius 2 is 1.80 bits per heavy atom. The molecule has 0 aliphatic rings. The maximum absolute atomic E-state index is 13.1. The van der Waals surface area contributed by atoms with Crippen molar-refractivity contribution in [2.45, 2.75) is 6.18 Å². The molecule has 2 rings (SSSR count). The van der Waals surface area contributed by atoms with Crippen LogP contribution in [0.4, 0.5) is 13.2 Å². The summed E-state index contributed by atoms with van der Waals surface area (Å²) in [5.74, 6) is -0.817. The summed E-state index contributed by atoms with van der Waals surface area (Å²) in [5.41, 5.74) is -0.956. The second-order valence-electron chi connectivity index (χ2n) is 3.95. The van der Waals surface area contributed by atoms with Gasteiger partial charge < -0.3 is 4.74 Å². The third-order valence-electron chi connectivity index (χ3n) is 2.74. The number of alkyl halides is 3. The number of halogens is 3. The van der Waals surface area contributed by atoms with Gasteiger partial charge in [-0.15, -0.1) is 0 Å². The number of carbonyl (C=O) groups excluding carboxylic acids is 1. The fraction of sp³-hybridized carbons (Fsp3) is 0.143. The molecule has 0 N–H and O–H groups in total. The standard InChI is InChI=1S/C14H10F3NO2/c1-20-13(19)10-3-2-4-11(14(15,16)17)12(10)9-5-7-18-8-6-9/h2-8H,1H3. The minimum Gasteiger partial charge on any atom is -0.465 e. The highest BCUT2D eigenvalue weighted by molar-refractivity contribution is 5.98. The smallest absolute Gasteiger partial charge is 0.417 e. The first kappa shape index (κ1) is 14.0. The molecule has 6 heteroatoms. The van der Waals surface area contributed by atoms with Crippen molar-refractivity contribution in [1.29, 1.82) is 0 Å². The van der Waals surface area contributed by atoms with Crippen molar-refractivity contribution in [2.75, 3.05) is 7.11 Å². The van der Waals surface area contributed by atoms with Gasteiger partial charge in [-0.2, -0.15) is 13.2 Å². The van der Waals surface area contributed by atoms with E-state index in [1.807, 2.05) is 0 Å². The molecule has 1 heterocycles. The molecular weight excluding hydrogens is 271 g/mol. The van der Waals surface area contributed by atoms with Crippen molar-refractivity contribution in [3.8, 4) is 11.1 Å². The predicted molar refractivity (Wildman–Crippen MR) is 66.0 cm³/mol. The van der Waals surface area contributed by atoms with E-state index in [1.54, 1.807) is 0 Å². The maximum atomic E-state index is 13.1. The van der Waals surface area contributed by atoms with Gasteiger partial charge in [-0.3, -0.25) is 4.98 Å². The average Bonchev–Trinajstić information content (AvgIpc) is 2.45. The molecule has 0 unspecified atom stereocenters. The lowest BCUT2D eigenvalue weighted by atomic mass is 9.94. The summed E-state index contributed by atoms with van der Waals surface area (Å²) in [4.78, 5) is 15.4. The van der Waals surface area contributed by atoms with Crippen molar-refractivity contribution in [2.24, 2.45) is 0 Å². The van der Waals surface area contributed by atoms with Crippen LogP contribution < -0.4 is 0 Å². The van der Waals surface area contributed by atoms with Crippen LogP contribution in [0.2, 0.25) is 0 Å². The molecule has 0 amide bonds. The van der Waals surface area contributed by atoms with E-state index in [-0.39, 0.29) is 16.7 Å². The van der Waals surface area contributed by atoms with Crippen LogP contribution in [0.1, 0.15) is 15.9 Å². The Morgan fingerprint density at radius 1 is 1.15 bits per heavy atom. The van der Waals surface area contributed by atoms with Gasteiger partial charge in [-0.1, -0.05) is 6.07 Å². The Morgan fingerprint density at radius 3 is 2.35 bits per heavy atom. The molecular formula is C14H10F3NO2. The van der Waals surface area contributed by atoms with Gasteiger partial charge in [0.25, 0.3) is 0 Å². The minimum atomic E-state index is -4.57. The molecule has 0 fully saturated rings. The Bertz CT molecular complexity index is 624. The number of carbonyl (C=O) groups is 1. The van der Waals surface area contributed by atoms with Crippen LogP contribution in [-0.2, 0) is 10.9 Å². The Balaban J connectivity index is 2.76. The summed E-state index contributed by atoms with van der Waals surface area (Å²) in [7, 11) is 1.12. The molecule has 2 aromatic rings. The quantitative estimate of drug-likeness (QED) is 0.790. The van der Waals surface area contributed by atoms with Crippen molar-refractivity contribution >= 4 is 5.97 Å². The monoisotopic (exact) mass is 281 g/mol. The van der Waals surface area contributed by atoms with Crippen LogP contribution in [0.25, 0.3) is 11.1 Å². The number of esters is 1. The van der Waals surface area contributed by atoms with E-state index >= 15 is 0 Å². The fourth-order valence-electron chi connectivity index (χ4n) is 1.90. The molecule has 1 aromatic carbocycles. The number of benzene rings is 1. The Hall–Kier alpha value is -2.37. The molecule has 3 nitrogen and oxygen atoms in total. The van der Waals surface area contributed by atoms with Gasteiger partial charge in [0.2, 0.25) is 0 Å². The molecule has 0 atom stereocenters. The van der Waals surface area contributed by atoms with Gasteiger partial charge in [0.1, 0.15) is 0 Å². The van der Waals surface area contributed by atoms with Crippen molar-refractivity contribution in [3.63, 3.8) is 0 Å². The first-order valence-corrected chi connectivity index (χ1v) is 5.64. The number of aromatic nitrogens is 1. The number of hydrogen-bond acceptors (Lipinski definition) is 3. The molecule has 104 valence electrons. The SMILES string of the molecule is COC(=O)c1cccc(C(F)(F)F)c1-c1ccncc1. The lowest BCUT2D eigenvalue weighted by Crippen LogP contribution is -2.12.